The zero-order valence-electron chi connectivity index (χ0n) is 9.21. The molecule has 17 heavy (non-hydrogen) atoms. The predicted octanol–water partition coefficient (Wildman–Crippen LogP) is -1.17. The number of aryl methyl sites for hydroxylation is 1. The average Bonchev–Trinajstić information content (AvgIpc) is 2.61. The Labute approximate surface area is 97.7 Å². The van der Waals surface area contributed by atoms with Crippen molar-refractivity contribution in [1.82, 2.24) is 14.7 Å². The van der Waals surface area contributed by atoms with E-state index in [0.717, 1.165) is 6.20 Å². The molecule has 0 radical (unpaired) electrons. The second-order valence-electron chi connectivity index (χ2n) is 3.51. The average molecular weight is 263 g/mol. The molecule has 0 aromatic carbocycles. The summed E-state index contributed by atoms with van der Waals surface area (Å²) in [5, 5.41) is 17.7. The van der Waals surface area contributed by atoms with Crippen LogP contribution in [0.5, 0.6) is 0 Å². The summed E-state index contributed by atoms with van der Waals surface area (Å²) in [6.07, 6.45) is -0.287. The lowest BCUT2D eigenvalue weighted by Gasteiger charge is -2.16. The Bertz CT molecular complexity index is 507. The van der Waals surface area contributed by atoms with Crippen LogP contribution in [0, 0.1) is 6.92 Å². The van der Waals surface area contributed by atoms with Gasteiger partial charge in [-0.15, -0.1) is 0 Å². The first kappa shape index (κ1) is 13.6. The molecule has 0 aliphatic rings. The van der Waals surface area contributed by atoms with Gasteiger partial charge >= 0.3 is 5.97 Å². The number of nitrogens with zero attached hydrogens (tertiary/aromatic N) is 1. The van der Waals surface area contributed by atoms with Gasteiger partial charge in [0.2, 0.25) is 0 Å². The Morgan fingerprint density at radius 3 is 2.53 bits per heavy atom. The summed E-state index contributed by atoms with van der Waals surface area (Å²) in [4.78, 5) is 16.9. The minimum atomic E-state index is -4.04. The summed E-state index contributed by atoms with van der Waals surface area (Å²) < 4.78 is 25.3. The van der Waals surface area contributed by atoms with Gasteiger partial charge in [-0.2, -0.15) is 4.72 Å². The Morgan fingerprint density at radius 1 is 1.59 bits per heavy atom. The van der Waals surface area contributed by atoms with E-state index in [4.69, 9.17) is 10.2 Å². The van der Waals surface area contributed by atoms with E-state index in [1.165, 1.54) is 6.92 Å². The Balaban J connectivity index is 2.97. The van der Waals surface area contributed by atoms with Crippen molar-refractivity contribution in [2.45, 2.75) is 31.0 Å². The quantitative estimate of drug-likeness (QED) is 0.529. The number of hydrogen-bond donors (Lipinski definition) is 4. The van der Waals surface area contributed by atoms with Crippen LogP contribution in [-0.4, -0.2) is 46.7 Å². The zero-order valence-corrected chi connectivity index (χ0v) is 10.0. The molecule has 8 nitrogen and oxygen atoms in total. The number of H-pyrrole nitrogens is 1. The van der Waals surface area contributed by atoms with Gasteiger partial charge in [-0.05, 0) is 13.8 Å². The van der Waals surface area contributed by atoms with Crippen molar-refractivity contribution in [3.05, 3.63) is 12.0 Å². The third kappa shape index (κ3) is 3.25. The van der Waals surface area contributed by atoms with E-state index in [9.17, 15) is 13.2 Å². The summed E-state index contributed by atoms with van der Waals surface area (Å²) in [7, 11) is -4.04. The number of aromatic amines is 1. The number of hydrogen-bond acceptors (Lipinski definition) is 5. The topological polar surface area (TPSA) is 132 Å². The number of aliphatic hydroxyl groups is 1. The lowest BCUT2D eigenvalue weighted by Crippen LogP contribution is -2.47. The molecule has 0 unspecified atom stereocenters. The predicted molar refractivity (Wildman–Crippen MR) is 56.8 cm³/mol. The van der Waals surface area contributed by atoms with E-state index in [2.05, 4.69) is 9.97 Å². The Hall–Kier alpha value is -1.45. The molecule has 1 aromatic rings. The van der Waals surface area contributed by atoms with Gasteiger partial charge in [-0.25, -0.2) is 13.4 Å². The molecule has 0 saturated heterocycles. The fourth-order valence-electron chi connectivity index (χ4n) is 1.12. The lowest BCUT2D eigenvalue weighted by molar-refractivity contribution is -0.141. The van der Waals surface area contributed by atoms with Gasteiger partial charge in [0, 0.05) is 0 Å². The molecular formula is C8H13N3O5S. The number of carbonyl (C=O) groups is 1. The number of rotatable bonds is 5. The standard InChI is InChI=1S/C8H13N3O5S/c1-4(12)7(8(13)14)11-17(15,16)6-3-9-5(2)10-6/h3-4,7,11-12H,1-2H3,(H,9,10)(H,13,14)/t4-,7+/m1/s1. The minimum Gasteiger partial charge on any atom is -0.480 e. The number of sulfonamides is 1. The Kier molecular flexibility index (Phi) is 3.86. The van der Waals surface area contributed by atoms with Gasteiger partial charge < -0.3 is 15.2 Å². The zero-order chi connectivity index (χ0) is 13.2. The highest BCUT2D eigenvalue weighted by molar-refractivity contribution is 7.89. The van der Waals surface area contributed by atoms with Crippen LogP contribution in [0.2, 0.25) is 0 Å². The van der Waals surface area contributed by atoms with Crippen LogP contribution in [0.3, 0.4) is 0 Å². The number of imidazole rings is 1. The van der Waals surface area contributed by atoms with E-state index in [-0.39, 0.29) is 5.03 Å². The first-order valence-corrected chi connectivity index (χ1v) is 6.17. The molecule has 1 heterocycles. The molecule has 1 aromatic heterocycles. The maximum atomic E-state index is 11.7. The Morgan fingerprint density at radius 2 is 2.18 bits per heavy atom. The van der Waals surface area contributed by atoms with Crippen molar-refractivity contribution in [3.8, 4) is 0 Å². The van der Waals surface area contributed by atoms with Crippen LogP contribution in [0.4, 0.5) is 0 Å². The van der Waals surface area contributed by atoms with Crippen LogP contribution >= 0.6 is 0 Å². The highest BCUT2D eigenvalue weighted by atomic mass is 32.2. The van der Waals surface area contributed by atoms with Crippen LogP contribution in [0.1, 0.15) is 12.7 Å². The molecular weight excluding hydrogens is 250 g/mol. The van der Waals surface area contributed by atoms with Crippen molar-refractivity contribution >= 4 is 16.0 Å². The van der Waals surface area contributed by atoms with Crippen molar-refractivity contribution in [2.24, 2.45) is 0 Å². The highest BCUT2D eigenvalue weighted by Gasteiger charge is 2.30. The number of aromatic nitrogens is 2. The summed E-state index contributed by atoms with van der Waals surface area (Å²) in [5.74, 6) is -1.07. The van der Waals surface area contributed by atoms with E-state index < -0.39 is 28.1 Å². The molecule has 0 saturated carbocycles. The molecule has 0 aliphatic carbocycles. The summed E-state index contributed by atoms with van der Waals surface area (Å²) in [5.41, 5.74) is 0. The fraction of sp³-hybridized carbons (Fsp3) is 0.500. The molecule has 1 rings (SSSR count). The smallest absolute Gasteiger partial charge is 0.324 e. The molecule has 4 N–H and O–H groups in total. The molecule has 0 aliphatic heterocycles. The summed E-state index contributed by atoms with van der Waals surface area (Å²) in [6.45, 7) is 2.74. The number of aliphatic hydroxyl groups excluding tert-OH is 1. The van der Waals surface area contributed by atoms with Crippen LogP contribution in [0.25, 0.3) is 0 Å². The molecule has 0 amide bonds. The maximum absolute atomic E-state index is 11.7. The van der Waals surface area contributed by atoms with E-state index in [0.29, 0.717) is 5.82 Å². The fourth-order valence-corrected chi connectivity index (χ4v) is 2.35. The molecule has 96 valence electrons. The monoisotopic (exact) mass is 263 g/mol. The molecule has 0 fully saturated rings. The van der Waals surface area contributed by atoms with Crippen LogP contribution in [0.15, 0.2) is 11.2 Å². The highest BCUT2D eigenvalue weighted by Crippen LogP contribution is 2.07. The van der Waals surface area contributed by atoms with Crippen molar-refractivity contribution in [3.63, 3.8) is 0 Å². The second-order valence-corrected chi connectivity index (χ2v) is 5.19. The van der Waals surface area contributed by atoms with Gasteiger partial charge in [-0.3, -0.25) is 4.79 Å². The van der Waals surface area contributed by atoms with Gasteiger partial charge in [0.1, 0.15) is 11.9 Å². The number of carboxylic acid groups (broad SMARTS) is 1. The first-order chi connectivity index (χ1) is 7.74. The van der Waals surface area contributed by atoms with E-state index in [1.54, 1.807) is 6.92 Å². The third-order valence-electron chi connectivity index (χ3n) is 2.00. The summed E-state index contributed by atoms with van der Waals surface area (Å²) >= 11 is 0. The molecule has 2 atom stereocenters. The van der Waals surface area contributed by atoms with Crippen molar-refractivity contribution in [2.75, 3.05) is 0 Å². The van der Waals surface area contributed by atoms with Gasteiger partial charge in [0.25, 0.3) is 10.0 Å². The van der Waals surface area contributed by atoms with E-state index in [1.807, 2.05) is 4.72 Å². The molecule has 0 spiro atoms. The van der Waals surface area contributed by atoms with Crippen LogP contribution in [-0.2, 0) is 14.8 Å². The normalized spacial score (nSPS) is 15.5. The van der Waals surface area contributed by atoms with Crippen molar-refractivity contribution < 1.29 is 23.4 Å². The molecule has 0 bridgehead atoms. The third-order valence-corrected chi connectivity index (χ3v) is 3.35. The van der Waals surface area contributed by atoms with E-state index >= 15 is 0 Å². The first-order valence-electron chi connectivity index (χ1n) is 4.69. The van der Waals surface area contributed by atoms with Crippen LogP contribution < -0.4 is 4.72 Å². The van der Waals surface area contributed by atoms with Gasteiger partial charge in [0.05, 0.1) is 12.3 Å². The van der Waals surface area contributed by atoms with Gasteiger partial charge in [0.15, 0.2) is 5.03 Å². The molecule has 9 heteroatoms. The second kappa shape index (κ2) is 4.82. The lowest BCUT2D eigenvalue weighted by atomic mass is 10.2. The van der Waals surface area contributed by atoms with Crippen molar-refractivity contribution in [1.29, 1.82) is 0 Å². The maximum Gasteiger partial charge on any atom is 0.324 e. The number of aliphatic carboxylic acids is 1. The minimum absolute atomic E-state index is 0.248. The van der Waals surface area contributed by atoms with Gasteiger partial charge in [-0.1, -0.05) is 0 Å². The number of carboxylic acids is 1. The number of nitrogens with one attached hydrogen (secondary N) is 2. The largest absolute Gasteiger partial charge is 0.480 e. The SMILES string of the molecule is Cc1ncc(S(=O)(=O)N[C@H](C(=O)O)[C@@H](C)O)[nH]1. The summed E-state index contributed by atoms with van der Waals surface area (Å²) in [6, 6.07) is -1.61.